The van der Waals surface area contributed by atoms with Crippen LogP contribution < -0.4 is 0 Å². The van der Waals surface area contributed by atoms with Crippen molar-refractivity contribution in [1.29, 1.82) is 0 Å². The minimum absolute atomic E-state index is 0.0103. The van der Waals surface area contributed by atoms with Gasteiger partial charge in [-0.05, 0) is 25.5 Å². The van der Waals surface area contributed by atoms with Crippen LogP contribution >= 0.6 is 0 Å². The van der Waals surface area contributed by atoms with Crippen LogP contribution in [0.1, 0.15) is 33.7 Å². The summed E-state index contributed by atoms with van der Waals surface area (Å²) in [6, 6.07) is 13.6. The molecule has 2 aromatic heterocycles. The molecule has 2 aliphatic heterocycles. The first-order valence-electron chi connectivity index (χ1n) is 9.87. The van der Waals surface area contributed by atoms with Crippen molar-refractivity contribution >= 4 is 5.91 Å². The maximum Gasteiger partial charge on any atom is 0.255 e. The minimum Gasteiger partial charge on any atom is -0.376 e. The van der Waals surface area contributed by atoms with E-state index in [1.807, 2.05) is 48.2 Å². The van der Waals surface area contributed by atoms with Gasteiger partial charge in [0.15, 0.2) is 5.82 Å². The molecule has 0 bridgehead atoms. The quantitative estimate of drug-likeness (QED) is 0.677. The number of aromatic nitrogens is 3. The summed E-state index contributed by atoms with van der Waals surface area (Å²) in [6.45, 7) is 4.39. The van der Waals surface area contributed by atoms with Crippen molar-refractivity contribution in [1.82, 2.24) is 19.9 Å². The van der Waals surface area contributed by atoms with Crippen molar-refractivity contribution in [3.05, 3.63) is 77.4 Å². The Morgan fingerprint density at radius 2 is 2.00 bits per heavy atom. The Morgan fingerprint density at radius 1 is 1.14 bits per heavy atom. The van der Waals surface area contributed by atoms with Crippen LogP contribution in [0.2, 0.25) is 0 Å². The normalized spacial score (nSPS) is 20.7. The number of rotatable bonds is 2. The zero-order chi connectivity index (χ0) is 19.8. The van der Waals surface area contributed by atoms with Crippen molar-refractivity contribution in [2.24, 2.45) is 0 Å². The Balaban J connectivity index is 1.52. The molecule has 0 aliphatic carbocycles. The van der Waals surface area contributed by atoms with Crippen molar-refractivity contribution in [2.45, 2.75) is 25.4 Å². The zero-order valence-electron chi connectivity index (χ0n) is 16.3. The fourth-order valence-electron chi connectivity index (χ4n) is 4.37. The maximum atomic E-state index is 13.0. The molecule has 0 saturated carbocycles. The Bertz CT molecular complexity index is 1060. The van der Waals surface area contributed by atoms with Gasteiger partial charge in [0.25, 0.3) is 5.91 Å². The van der Waals surface area contributed by atoms with E-state index in [1.54, 1.807) is 18.5 Å². The molecule has 0 N–H and O–H groups in total. The van der Waals surface area contributed by atoms with E-state index in [4.69, 9.17) is 14.7 Å². The lowest BCUT2D eigenvalue weighted by molar-refractivity contribution is 0.0481. The fraction of sp³-hybridized carbons (Fsp3) is 0.304. The smallest absolute Gasteiger partial charge is 0.255 e. The van der Waals surface area contributed by atoms with E-state index >= 15 is 0 Å². The summed E-state index contributed by atoms with van der Waals surface area (Å²) in [4.78, 5) is 28.7. The third-order valence-corrected chi connectivity index (χ3v) is 5.92. The van der Waals surface area contributed by atoms with Gasteiger partial charge in [0.2, 0.25) is 0 Å². The monoisotopic (exact) mass is 386 g/mol. The number of hydrogen-bond donors (Lipinski definition) is 0. The second-order valence-electron chi connectivity index (χ2n) is 7.82. The van der Waals surface area contributed by atoms with E-state index in [-0.39, 0.29) is 11.3 Å². The minimum atomic E-state index is -0.289. The average Bonchev–Trinajstić information content (AvgIpc) is 3.20. The SMILES string of the molecule is Cc1nc(-c2ccccc2)nc2c1COC[C@@]21CCN(C(=O)c2cccnc2)C1. The van der Waals surface area contributed by atoms with Crippen molar-refractivity contribution in [3.63, 3.8) is 0 Å². The number of pyridine rings is 1. The Hall–Kier alpha value is -3.12. The summed E-state index contributed by atoms with van der Waals surface area (Å²) in [7, 11) is 0. The van der Waals surface area contributed by atoms with Crippen molar-refractivity contribution in [2.75, 3.05) is 19.7 Å². The predicted octanol–water partition coefficient (Wildman–Crippen LogP) is 3.16. The molecule has 3 aromatic rings. The van der Waals surface area contributed by atoms with E-state index in [1.165, 1.54) is 0 Å². The van der Waals surface area contributed by atoms with Crippen LogP contribution in [0.4, 0.5) is 0 Å². The number of likely N-dealkylation sites (tertiary alicyclic amines) is 1. The Morgan fingerprint density at radius 3 is 2.79 bits per heavy atom. The second-order valence-corrected chi connectivity index (χ2v) is 7.82. The Labute approximate surface area is 169 Å². The highest BCUT2D eigenvalue weighted by Crippen LogP contribution is 2.40. The summed E-state index contributed by atoms with van der Waals surface area (Å²) in [5.41, 5.74) is 4.38. The molecule has 1 atom stereocenters. The first-order valence-corrected chi connectivity index (χ1v) is 9.87. The second kappa shape index (κ2) is 7.04. The zero-order valence-corrected chi connectivity index (χ0v) is 16.3. The van der Waals surface area contributed by atoms with E-state index in [0.717, 1.165) is 34.8 Å². The van der Waals surface area contributed by atoms with E-state index in [9.17, 15) is 4.79 Å². The Kier molecular flexibility index (Phi) is 4.36. The first kappa shape index (κ1) is 17.9. The van der Waals surface area contributed by atoms with Gasteiger partial charge in [0.1, 0.15) is 0 Å². The predicted molar refractivity (Wildman–Crippen MR) is 108 cm³/mol. The average molecular weight is 386 g/mol. The highest BCUT2D eigenvalue weighted by Gasteiger charge is 2.46. The number of fused-ring (bicyclic) bond motifs is 2. The van der Waals surface area contributed by atoms with Gasteiger partial charge in [-0.15, -0.1) is 0 Å². The number of nitrogens with zero attached hydrogens (tertiary/aromatic N) is 4. The number of hydrogen-bond acceptors (Lipinski definition) is 5. The molecule has 1 spiro atoms. The first-order chi connectivity index (χ1) is 14.2. The summed E-state index contributed by atoms with van der Waals surface area (Å²) in [5, 5.41) is 0. The molecule has 4 heterocycles. The van der Waals surface area contributed by atoms with Crippen LogP contribution in [0, 0.1) is 6.92 Å². The lowest BCUT2D eigenvalue weighted by Gasteiger charge is -2.35. The molecular weight excluding hydrogens is 364 g/mol. The lowest BCUT2D eigenvalue weighted by Crippen LogP contribution is -2.42. The largest absolute Gasteiger partial charge is 0.376 e. The molecule has 6 nitrogen and oxygen atoms in total. The molecule has 1 amide bonds. The number of benzene rings is 1. The van der Waals surface area contributed by atoms with E-state index in [2.05, 4.69) is 4.98 Å². The fourth-order valence-corrected chi connectivity index (χ4v) is 4.37. The molecule has 2 aliphatic rings. The molecule has 5 rings (SSSR count). The van der Waals surface area contributed by atoms with E-state index < -0.39 is 0 Å². The number of aryl methyl sites for hydroxylation is 1. The van der Waals surface area contributed by atoms with Crippen molar-refractivity contribution in [3.8, 4) is 11.4 Å². The molecule has 1 fully saturated rings. The third kappa shape index (κ3) is 3.09. The van der Waals surface area contributed by atoms with Gasteiger partial charge in [0, 0.05) is 42.3 Å². The van der Waals surface area contributed by atoms with Crippen LogP contribution in [-0.2, 0) is 16.8 Å². The van der Waals surface area contributed by atoms with Gasteiger partial charge in [0.05, 0.1) is 29.9 Å². The van der Waals surface area contributed by atoms with Gasteiger partial charge in [-0.1, -0.05) is 30.3 Å². The summed E-state index contributed by atoms with van der Waals surface area (Å²) in [5.74, 6) is 0.747. The lowest BCUT2D eigenvalue weighted by atomic mass is 9.80. The number of ether oxygens (including phenoxy) is 1. The standard InChI is InChI=1S/C23H22N4O2/c1-16-19-13-29-15-23(20(19)26-21(25-16)17-6-3-2-4-7-17)9-11-27(14-23)22(28)18-8-5-10-24-12-18/h2-8,10,12H,9,11,13-15H2,1H3/t23-/m0/s1. The van der Waals surface area contributed by atoms with Gasteiger partial charge >= 0.3 is 0 Å². The molecule has 6 heteroatoms. The van der Waals surface area contributed by atoms with Gasteiger partial charge in [-0.3, -0.25) is 9.78 Å². The van der Waals surface area contributed by atoms with Crippen LogP contribution in [0.3, 0.4) is 0 Å². The molecule has 1 saturated heterocycles. The number of carbonyl (C=O) groups is 1. The summed E-state index contributed by atoms with van der Waals surface area (Å²) >= 11 is 0. The highest BCUT2D eigenvalue weighted by atomic mass is 16.5. The van der Waals surface area contributed by atoms with Crippen LogP contribution in [0.25, 0.3) is 11.4 Å². The van der Waals surface area contributed by atoms with E-state index in [0.29, 0.717) is 31.9 Å². The maximum absolute atomic E-state index is 13.0. The van der Waals surface area contributed by atoms with Crippen molar-refractivity contribution < 1.29 is 9.53 Å². The molecule has 0 unspecified atom stereocenters. The molecule has 29 heavy (non-hydrogen) atoms. The molecule has 1 aromatic carbocycles. The summed E-state index contributed by atoms with van der Waals surface area (Å²) in [6.07, 6.45) is 4.13. The number of amides is 1. The number of carbonyl (C=O) groups excluding carboxylic acids is 1. The third-order valence-electron chi connectivity index (χ3n) is 5.92. The van der Waals surface area contributed by atoms with Crippen LogP contribution in [0.5, 0.6) is 0 Å². The van der Waals surface area contributed by atoms with Gasteiger partial charge in [-0.2, -0.15) is 0 Å². The van der Waals surface area contributed by atoms with Gasteiger partial charge in [-0.25, -0.2) is 9.97 Å². The topological polar surface area (TPSA) is 68.2 Å². The molecule has 146 valence electrons. The van der Waals surface area contributed by atoms with Gasteiger partial charge < -0.3 is 9.64 Å². The van der Waals surface area contributed by atoms with Crippen LogP contribution in [-0.4, -0.2) is 45.5 Å². The summed E-state index contributed by atoms with van der Waals surface area (Å²) < 4.78 is 5.96. The molecule has 0 radical (unpaired) electrons. The molecular formula is C23H22N4O2. The highest BCUT2D eigenvalue weighted by molar-refractivity contribution is 5.94. The van der Waals surface area contributed by atoms with Crippen LogP contribution in [0.15, 0.2) is 54.9 Å².